The third-order valence-electron chi connectivity index (χ3n) is 3.78. The Balaban J connectivity index is 1.70. The van der Waals surface area contributed by atoms with Crippen molar-refractivity contribution in [3.05, 3.63) is 48.5 Å². The zero-order chi connectivity index (χ0) is 16.2. The van der Waals surface area contributed by atoms with Gasteiger partial charge in [-0.2, -0.15) is 0 Å². The van der Waals surface area contributed by atoms with E-state index in [9.17, 15) is 4.79 Å². The summed E-state index contributed by atoms with van der Waals surface area (Å²) in [6.45, 7) is 4.24. The molecule has 118 valence electrons. The van der Waals surface area contributed by atoms with Gasteiger partial charge < -0.3 is 10.3 Å². The molecule has 1 aromatic heterocycles. The molecule has 4 nitrogen and oxygen atoms in total. The molecule has 0 atom stereocenters. The first-order valence-electron chi connectivity index (χ1n) is 7.97. The first-order valence-corrected chi connectivity index (χ1v) is 7.97. The van der Waals surface area contributed by atoms with Gasteiger partial charge in [-0.1, -0.05) is 26.0 Å². The van der Waals surface area contributed by atoms with E-state index in [0.29, 0.717) is 12.3 Å². The Morgan fingerprint density at radius 1 is 1.13 bits per heavy atom. The predicted molar refractivity (Wildman–Crippen MR) is 94.2 cm³/mol. The van der Waals surface area contributed by atoms with E-state index < -0.39 is 0 Å². The normalized spacial score (nSPS) is 11.1. The lowest BCUT2D eigenvalue weighted by molar-refractivity contribution is -0.116. The van der Waals surface area contributed by atoms with E-state index >= 15 is 0 Å². The average Bonchev–Trinajstić information content (AvgIpc) is 2.97. The van der Waals surface area contributed by atoms with Crippen molar-refractivity contribution in [3.8, 4) is 11.4 Å². The van der Waals surface area contributed by atoms with Crippen LogP contribution in [-0.2, 0) is 4.79 Å². The standard InChI is InChI=1S/C19H21N3O/c1-13(2)7-12-18(23)20-15-10-8-14(9-11-15)19-21-16-5-3-4-6-17(16)22-19/h3-6,8-11,13H,7,12H2,1-2H3,(H,20,23)(H,21,22). The highest BCUT2D eigenvalue weighted by molar-refractivity contribution is 5.91. The number of anilines is 1. The highest BCUT2D eigenvalue weighted by Gasteiger charge is 2.07. The van der Waals surface area contributed by atoms with E-state index in [1.807, 2.05) is 48.5 Å². The Kier molecular flexibility index (Phi) is 4.42. The fraction of sp³-hybridized carbons (Fsp3) is 0.263. The van der Waals surface area contributed by atoms with E-state index in [1.54, 1.807) is 0 Å². The van der Waals surface area contributed by atoms with Crippen molar-refractivity contribution in [1.82, 2.24) is 9.97 Å². The maximum Gasteiger partial charge on any atom is 0.224 e. The summed E-state index contributed by atoms with van der Waals surface area (Å²) < 4.78 is 0. The van der Waals surface area contributed by atoms with Crippen LogP contribution < -0.4 is 5.32 Å². The molecule has 1 amide bonds. The minimum atomic E-state index is 0.0650. The van der Waals surface area contributed by atoms with E-state index in [-0.39, 0.29) is 5.91 Å². The van der Waals surface area contributed by atoms with Gasteiger partial charge >= 0.3 is 0 Å². The van der Waals surface area contributed by atoms with Gasteiger partial charge in [0.05, 0.1) is 11.0 Å². The molecule has 23 heavy (non-hydrogen) atoms. The number of hydrogen-bond acceptors (Lipinski definition) is 2. The number of H-pyrrole nitrogens is 1. The Morgan fingerprint density at radius 2 is 1.87 bits per heavy atom. The van der Waals surface area contributed by atoms with Crippen LogP contribution in [0.4, 0.5) is 5.69 Å². The van der Waals surface area contributed by atoms with Crippen LogP contribution in [-0.4, -0.2) is 15.9 Å². The predicted octanol–water partition coefficient (Wildman–Crippen LogP) is 4.60. The van der Waals surface area contributed by atoms with E-state index in [0.717, 1.165) is 34.5 Å². The van der Waals surface area contributed by atoms with Crippen LogP contribution in [0.15, 0.2) is 48.5 Å². The van der Waals surface area contributed by atoms with Crippen LogP contribution in [0.1, 0.15) is 26.7 Å². The number of carbonyl (C=O) groups excluding carboxylic acids is 1. The summed E-state index contributed by atoms with van der Waals surface area (Å²) in [6.07, 6.45) is 1.46. The van der Waals surface area contributed by atoms with Gasteiger partial charge in [-0.15, -0.1) is 0 Å². The van der Waals surface area contributed by atoms with Gasteiger partial charge in [-0.3, -0.25) is 4.79 Å². The lowest BCUT2D eigenvalue weighted by atomic mass is 10.1. The molecular weight excluding hydrogens is 286 g/mol. The molecule has 0 aliphatic heterocycles. The van der Waals surface area contributed by atoms with Crippen molar-refractivity contribution in [3.63, 3.8) is 0 Å². The number of fused-ring (bicyclic) bond motifs is 1. The monoisotopic (exact) mass is 307 g/mol. The zero-order valence-electron chi connectivity index (χ0n) is 13.5. The number of aromatic amines is 1. The third-order valence-corrected chi connectivity index (χ3v) is 3.78. The third kappa shape index (κ3) is 3.77. The second kappa shape index (κ2) is 6.65. The first-order chi connectivity index (χ1) is 11.1. The summed E-state index contributed by atoms with van der Waals surface area (Å²) in [5.41, 5.74) is 3.79. The summed E-state index contributed by atoms with van der Waals surface area (Å²) in [4.78, 5) is 19.7. The summed E-state index contributed by atoms with van der Waals surface area (Å²) in [7, 11) is 0. The Morgan fingerprint density at radius 3 is 2.57 bits per heavy atom. The number of imidazole rings is 1. The van der Waals surface area contributed by atoms with Crippen LogP contribution >= 0.6 is 0 Å². The van der Waals surface area contributed by atoms with Gasteiger partial charge in [0, 0.05) is 17.7 Å². The maximum atomic E-state index is 11.9. The minimum Gasteiger partial charge on any atom is -0.338 e. The Bertz CT molecular complexity index is 770. The number of nitrogens with one attached hydrogen (secondary N) is 2. The SMILES string of the molecule is CC(C)CCC(=O)Nc1ccc(-c2nc3ccccc3[nH]2)cc1. The maximum absolute atomic E-state index is 11.9. The van der Waals surface area contributed by atoms with Crippen molar-refractivity contribution in [2.24, 2.45) is 5.92 Å². The molecule has 0 radical (unpaired) electrons. The van der Waals surface area contributed by atoms with Crippen molar-refractivity contribution >= 4 is 22.6 Å². The topological polar surface area (TPSA) is 57.8 Å². The van der Waals surface area contributed by atoms with Crippen LogP contribution in [0.5, 0.6) is 0 Å². The largest absolute Gasteiger partial charge is 0.338 e. The molecule has 0 saturated heterocycles. The molecule has 0 saturated carbocycles. The molecule has 0 fully saturated rings. The van der Waals surface area contributed by atoms with Gasteiger partial charge in [-0.25, -0.2) is 4.98 Å². The number of nitrogens with zero attached hydrogens (tertiary/aromatic N) is 1. The number of hydrogen-bond donors (Lipinski definition) is 2. The number of aromatic nitrogens is 2. The number of benzene rings is 2. The Labute approximate surface area is 136 Å². The van der Waals surface area contributed by atoms with Gasteiger partial charge in [0.2, 0.25) is 5.91 Å². The van der Waals surface area contributed by atoms with Crippen molar-refractivity contribution in [1.29, 1.82) is 0 Å². The number of carbonyl (C=O) groups is 1. The quantitative estimate of drug-likeness (QED) is 0.723. The van der Waals surface area contributed by atoms with E-state index in [2.05, 4.69) is 29.1 Å². The molecular formula is C19H21N3O. The molecule has 1 heterocycles. The smallest absolute Gasteiger partial charge is 0.224 e. The molecule has 2 aromatic carbocycles. The molecule has 2 N–H and O–H groups in total. The summed E-state index contributed by atoms with van der Waals surface area (Å²) >= 11 is 0. The fourth-order valence-corrected chi connectivity index (χ4v) is 2.44. The Hall–Kier alpha value is -2.62. The van der Waals surface area contributed by atoms with Crippen LogP contribution in [0.2, 0.25) is 0 Å². The number of para-hydroxylation sites is 2. The van der Waals surface area contributed by atoms with Crippen LogP contribution in [0.25, 0.3) is 22.4 Å². The second-order valence-corrected chi connectivity index (χ2v) is 6.16. The molecule has 0 aliphatic rings. The molecule has 3 rings (SSSR count). The highest BCUT2D eigenvalue weighted by atomic mass is 16.1. The minimum absolute atomic E-state index is 0.0650. The van der Waals surface area contributed by atoms with Crippen molar-refractivity contribution in [2.45, 2.75) is 26.7 Å². The van der Waals surface area contributed by atoms with Gasteiger partial charge in [0.25, 0.3) is 0 Å². The van der Waals surface area contributed by atoms with Gasteiger partial charge in [0.1, 0.15) is 5.82 Å². The number of amides is 1. The molecule has 4 heteroatoms. The summed E-state index contributed by atoms with van der Waals surface area (Å²) in [6, 6.07) is 15.7. The average molecular weight is 307 g/mol. The van der Waals surface area contributed by atoms with Gasteiger partial charge in [-0.05, 0) is 48.7 Å². The fourth-order valence-electron chi connectivity index (χ4n) is 2.44. The lowest BCUT2D eigenvalue weighted by Gasteiger charge is -2.07. The first kappa shape index (κ1) is 15.3. The van der Waals surface area contributed by atoms with Crippen LogP contribution in [0.3, 0.4) is 0 Å². The molecule has 0 aliphatic carbocycles. The van der Waals surface area contributed by atoms with Crippen LogP contribution in [0, 0.1) is 5.92 Å². The number of rotatable bonds is 5. The summed E-state index contributed by atoms with van der Waals surface area (Å²) in [5.74, 6) is 1.44. The van der Waals surface area contributed by atoms with E-state index in [4.69, 9.17) is 0 Å². The molecule has 0 unspecified atom stereocenters. The highest BCUT2D eigenvalue weighted by Crippen LogP contribution is 2.22. The van der Waals surface area contributed by atoms with Crippen molar-refractivity contribution < 1.29 is 4.79 Å². The molecule has 0 bridgehead atoms. The zero-order valence-corrected chi connectivity index (χ0v) is 13.5. The van der Waals surface area contributed by atoms with E-state index in [1.165, 1.54) is 0 Å². The molecule has 0 spiro atoms. The van der Waals surface area contributed by atoms with Crippen molar-refractivity contribution in [2.75, 3.05) is 5.32 Å². The summed E-state index contributed by atoms with van der Waals surface area (Å²) in [5, 5.41) is 2.93. The molecule has 3 aromatic rings. The van der Waals surface area contributed by atoms with Gasteiger partial charge in [0.15, 0.2) is 0 Å². The second-order valence-electron chi connectivity index (χ2n) is 6.16. The lowest BCUT2D eigenvalue weighted by Crippen LogP contribution is -2.12.